The van der Waals surface area contributed by atoms with Crippen LogP contribution in [-0.4, -0.2) is 18.8 Å². The zero-order valence-corrected chi connectivity index (χ0v) is 9.13. The highest BCUT2D eigenvalue weighted by atomic mass is 16.2. The van der Waals surface area contributed by atoms with Crippen molar-refractivity contribution in [2.24, 2.45) is 5.10 Å². The number of benzene rings is 2. The molecule has 3 rings (SSSR count). The van der Waals surface area contributed by atoms with Gasteiger partial charge in [0.2, 0.25) is 0 Å². The molecule has 0 fully saturated rings. The van der Waals surface area contributed by atoms with Crippen molar-refractivity contribution in [3.8, 4) is 0 Å². The molecule has 0 unspecified atom stereocenters. The maximum atomic E-state index is 11.3. The van der Waals surface area contributed by atoms with E-state index in [0.29, 0.717) is 6.54 Å². The Morgan fingerprint density at radius 3 is 2.82 bits per heavy atom. The summed E-state index contributed by atoms with van der Waals surface area (Å²) in [5, 5.41) is 6.10. The monoisotopic (exact) mass is 225 g/mol. The van der Waals surface area contributed by atoms with Gasteiger partial charge in [0.25, 0.3) is 5.91 Å². The number of hydrogen-bond donors (Lipinski definition) is 1. The molecule has 0 bridgehead atoms. The van der Waals surface area contributed by atoms with Crippen LogP contribution < -0.4 is 10.3 Å². The van der Waals surface area contributed by atoms with Crippen LogP contribution >= 0.6 is 0 Å². The van der Waals surface area contributed by atoms with Crippen LogP contribution in [0.25, 0.3) is 10.8 Å². The second-order valence-corrected chi connectivity index (χ2v) is 3.91. The van der Waals surface area contributed by atoms with E-state index >= 15 is 0 Å². The lowest BCUT2D eigenvalue weighted by atomic mass is 10.1. The lowest BCUT2D eigenvalue weighted by Gasteiger charge is -2.23. The van der Waals surface area contributed by atoms with E-state index in [-0.39, 0.29) is 5.91 Å². The summed E-state index contributed by atoms with van der Waals surface area (Å²) >= 11 is 0. The fraction of sp³-hybridized carbons (Fsp3) is 0.0769. The maximum absolute atomic E-state index is 11.3. The summed E-state index contributed by atoms with van der Waals surface area (Å²) in [5.41, 5.74) is 3.42. The highest BCUT2D eigenvalue weighted by molar-refractivity contribution is 6.02. The van der Waals surface area contributed by atoms with E-state index in [1.54, 1.807) is 6.34 Å². The van der Waals surface area contributed by atoms with Gasteiger partial charge in [0, 0.05) is 5.39 Å². The second-order valence-electron chi connectivity index (χ2n) is 3.91. The summed E-state index contributed by atoms with van der Waals surface area (Å²) in [6.45, 7) is 0.303. The Balaban J connectivity index is 2.14. The van der Waals surface area contributed by atoms with Crippen molar-refractivity contribution in [3.63, 3.8) is 0 Å². The van der Waals surface area contributed by atoms with Crippen molar-refractivity contribution in [2.75, 3.05) is 11.4 Å². The molecular weight excluding hydrogens is 214 g/mol. The Kier molecular flexibility index (Phi) is 2.26. The maximum Gasteiger partial charge on any atom is 0.260 e. The molecule has 1 aliphatic heterocycles. The van der Waals surface area contributed by atoms with Gasteiger partial charge in [-0.15, -0.1) is 0 Å². The predicted molar refractivity (Wildman–Crippen MR) is 67.9 cm³/mol. The van der Waals surface area contributed by atoms with Gasteiger partial charge in [-0.25, -0.2) is 5.43 Å². The SMILES string of the molecule is O=C1CN(c2cccc3ccccc23)C=NN1. The Morgan fingerprint density at radius 1 is 1.12 bits per heavy atom. The number of carbonyl (C=O) groups excluding carboxylic acids is 1. The molecule has 1 amide bonds. The second kappa shape index (κ2) is 3.90. The van der Waals surface area contributed by atoms with Crippen molar-refractivity contribution >= 4 is 28.7 Å². The predicted octanol–water partition coefficient (Wildman–Crippen LogP) is 1.72. The van der Waals surface area contributed by atoms with Crippen molar-refractivity contribution < 1.29 is 4.79 Å². The third kappa shape index (κ3) is 1.73. The van der Waals surface area contributed by atoms with Crippen LogP contribution in [0, 0.1) is 0 Å². The molecule has 0 saturated heterocycles. The first kappa shape index (κ1) is 9.84. The van der Waals surface area contributed by atoms with Crippen LogP contribution in [-0.2, 0) is 4.79 Å². The van der Waals surface area contributed by atoms with Gasteiger partial charge < -0.3 is 4.90 Å². The highest BCUT2D eigenvalue weighted by Gasteiger charge is 2.15. The average Bonchev–Trinajstić information content (AvgIpc) is 2.38. The molecule has 1 N–H and O–H groups in total. The fourth-order valence-corrected chi connectivity index (χ4v) is 2.01. The summed E-state index contributed by atoms with van der Waals surface area (Å²) < 4.78 is 0. The summed E-state index contributed by atoms with van der Waals surface area (Å²) in [5.74, 6) is -0.0968. The number of hydrogen-bond acceptors (Lipinski definition) is 3. The van der Waals surface area contributed by atoms with E-state index in [0.717, 1.165) is 16.5 Å². The van der Waals surface area contributed by atoms with E-state index in [9.17, 15) is 4.79 Å². The van der Waals surface area contributed by atoms with Gasteiger partial charge in [0.15, 0.2) is 0 Å². The molecule has 1 aliphatic rings. The van der Waals surface area contributed by atoms with Crippen LogP contribution in [0.4, 0.5) is 5.69 Å². The van der Waals surface area contributed by atoms with Crippen LogP contribution in [0.15, 0.2) is 47.6 Å². The molecule has 0 aliphatic carbocycles. The van der Waals surface area contributed by atoms with Crippen molar-refractivity contribution in [1.29, 1.82) is 0 Å². The molecule has 0 radical (unpaired) electrons. The molecule has 17 heavy (non-hydrogen) atoms. The van der Waals surface area contributed by atoms with Crippen LogP contribution in [0.1, 0.15) is 0 Å². The largest absolute Gasteiger partial charge is 0.321 e. The molecule has 4 nitrogen and oxygen atoms in total. The minimum absolute atomic E-state index is 0.0968. The van der Waals surface area contributed by atoms with E-state index in [4.69, 9.17) is 0 Å². The number of rotatable bonds is 1. The summed E-state index contributed by atoms with van der Waals surface area (Å²) in [4.78, 5) is 13.2. The number of amides is 1. The Labute approximate surface area is 98.5 Å². The van der Waals surface area contributed by atoms with E-state index < -0.39 is 0 Å². The molecule has 2 aromatic carbocycles. The normalized spacial score (nSPS) is 15.1. The molecule has 0 atom stereocenters. The first-order valence-corrected chi connectivity index (χ1v) is 5.41. The Bertz CT molecular complexity index is 601. The zero-order valence-electron chi connectivity index (χ0n) is 9.13. The van der Waals surface area contributed by atoms with Gasteiger partial charge in [-0.05, 0) is 11.5 Å². The quantitative estimate of drug-likeness (QED) is 0.803. The van der Waals surface area contributed by atoms with Gasteiger partial charge in [0.05, 0.1) is 5.69 Å². The minimum Gasteiger partial charge on any atom is -0.321 e. The van der Waals surface area contributed by atoms with Crippen LogP contribution in [0.5, 0.6) is 0 Å². The van der Waals surface area contributed by atoms with E-state index in [1.165, 1.54) is 0 Å². The Morgan fingerprint density at radius 2 is 1.94 bits per heavy atom. The van der Waals surface area contributed by atoms with Gasteiger partial charge in [-0.2, -0.15) is 5.10 Å². The van der Waals surface area contributed by atoms with Crippen LogP contribution in [0.3, 0.4) is 0 Å². The number of carbonyl (C=O) groups is 1. The standard InChI is InChI=1S/C13H11N3O/c17-13-8-16(9-14-15-13)12-7-3-5-10-4-1-2-6-11(10)12/h1-7,9H,8H2,(H,15,17). The third-order valence-electron chi connectivity index (χ3n) is 2.78. The smallest absolute Gasteiger partial charge is 0.260 e. The molecule has 1 heterocycles. The van der Waals surface area contributed by atoms with Gasteiger partial charge in [0.1, 0.15) is 12.9 Å². The molecule has 84 valence electrons. The lowest BCUT2D eigenvalue weighted by Crippen LogP contribution is -2.39. The molecule has 0 spiro atoms. The minimum atomic E-state index is -0.0968. The van der Waals surface area contributed by atoms with Gasteiger partial charge in [-0.1, -0.05) is 36.4 Å². The average molecular weight is 225 g/mol. The lowest BCUT2D eigenvalue weighted by molar-refractivity contribution is -0.119. The Hall–Kier alpha value is -2.36. The van der Waals surface area contributed by atoms with Crippen molar-refractivity contribution in [3.05, 3.63) is 42.5 Å². The highest BCUT2D eigenvalue weighted by Crippen LogP contribution is 2.26. The van der Waals surface area contributed by atoms with E-state index in [1.807, 2.05) is 35.2 Å². The fourth-order valence-electron chi connectivity index (χ4n) is 2.01. The van der Waals surface area contributed by atoms with Gasteiger partial charge in [-0.3, -0.25) is 4.79 Å². The first-order valence-electron chi connectivity index (χ1n) is 5.41. The van der Waals surface area contributed by atoms with Crippen LogP contribution in [0.2, 0.25) is 0 Å². The first-order chi connectivity index (χ1) is 8.34. The molecule has 0 saturated carbocycles. The summed E-state index contributed by atoms with van der Waals surface area (Å²) in [7, 11) is 0. The molecular formula is C13H11N3O. The van der Waals surface area contributed by atoms with Crippen molar-refractivity contribution in [2.45, 2.75) is 0 Å². The van der Waals surface area contributed by atoms with Crippen molar-refractivity contribution in [1.82, 2.24) is 5.43 Å². The molecule has 0 aromatic heterocycles. The van der Waals surface area contributed by atoms with Gasteiger partial charge >= 0.3 is 0 Å². The third-order valence-corrected chi connectivity index (χ3v) is 2.78. The topological polar surface area (TPSA) is 44.7 Å². The number of hydrazone groups is 1. The number of nitrogens with zero attached hydrogens (tertiary/aromatic N) is 2. The summed E-state index contributed by atoms with van der Waals surface area (Å²) in [6, 6.07) is 14.1. The zero-order chi connectivity index (χ0) is 11.7. The van der Waals surface area contributed by atoms with E-state index in [2.05, 4.69) is 22.7 Å². The molecule has 2 aromatic rings. The number of fused-ring (bicyclic) bond motifs is 1. The summed E-state index contributed by atoms with van der Waals surface area (Å²) in [6.07, 6.45) is 1.64. The number of nitrogens with one attached hydrogen (secondary N) is 1. The number of anilines is 1. The molecule has 4 heteroatoms.